The number of halogens is 1. The Balaban J connectivity index is 1.47. The molecule has 0 spiro atoms. The molecule has 166 valence electrons. The van der Waals surface area contributed by atoms with Crippen LogP contribution in [0.3, 0.4) is 0 Å². The molecule has 0 bridgehead atoms. The van der Waals surface area contributed by atoms with Crippen LogP contribution >= 0.6 is 11.6 Å². The molecule has 0 aromatic heterocycles. The van der Waals surface area contributed by atoms with E-state index in [1.807, 2.05) is 6.07 Å². The topological polar surface area (TPSA) is 100 Å². The van der Waals surface area contributed by atoms with Crippen LogP contribution in [0, 0.1) is 11.3 Å². The van der Waals surface area contributed by atoms with Crippen LogP contribution in [0.15, 0.2) is 54.1 Å². The van der Waals surface area contributed by atoms with Crippen molar-refractivity contribution in [2.24, 2.45) is 0 Å². The molecule has 1 atom stereocenters. The van der Waals surface area contributed by atoms with Crippen molar-refractivity contribution in [1.29, 1.82) is 5.26 Å². The second kappa shape index (κ2) is 11.9. The Labute approximate surface area is 192 Å². The maximum atomic E-state index is 12.3. The summed E-state index contributed by atoms with van der Waals surface area (Å²) in [5.74, 6) is -0.167. The fourth-order valence-electron chi connectivity index (χ4n) is 3.09. The molecule has 1 saturated heterocycles. The predicted molar refractivity (Wildman–Crippen MR) is 121 cm³/mol. The molecule has 2 N–H and O–H groups in total. The van der Waals surface area contributed by atoms with Gasteiger partial charge in [-0.25, -0.2) is 0 Å². The van der Waals surface area contributed by atoms with Gasteiger partial charge in [-0.1, -0.05) is 35.9 Å². The van der Waals surface area contributed by atoms with Gasteiger partial charge in [-0.05, 0) is 54.3 Å². The van der Waals surface area contributed by atoms with Crippen molar-refractivity contribution in [1.82, 2.24) is 10.6 Å². The summed E-state index contributed by atoms with van der Waals surface area (Å²) in [6.45, 7) is 1.42. The summed E-state index contributed by atoms with van der Waals surface area (Å²) in [7, 11) is 0. The molecule has 0 aliphatic carbocycles. The third kappa shape index (κ3) is 7.41. The third-order valence-corrected chi connectivity index (χ3v) is 5.10. The second-order valence-corrected chi connectivity index (χ2v) is 7.71. The van der Waals surface area contributed by atoms with Gasteiger partial charge in [0.2, 0.25) is 0 Å². The van der Waals surface area contributed by atoms with Crippen LogP contribution < -0.4 is 15.4 Å². The molecule has 7 nitrogen and oxygen atoms in total. The summed E-state index contributed by atoms with van der Waals surface area (Å²) in [6.07, 6.45) is 3.56. The predicted octanol–water partition coefficient (Wildman–Crippen LogP) is 3.24. The zero-order valence-corrected chi connectivity index (χ0v) is 18.2. The first kappa shape index (κ1) is 23.3. The minimum absolute atomic E-state index is 0.0128. The number of hydrogen-bond donors (Lipinski definition) is 2. The summed E-state index contributed by atoms with van der Waals surface area (Å²) >= 11 is 5.85. The highest BCUT2D eigenvalue weighted by atomic mass is 35.5. The largest absolute Gasteiger partial charge is 0.484 e. The van der Waals surface area contributed by atoms with Crippen LogP contribution in [-0.4, -0.2) is 37.7 Å². The molecule has 32 heavy (non-hydrogen) atoms. The van der Waals surface area contributed by atoms with E-state index in [1.165, 1.54) is 6.08 Å². The molecule has 0 radical (unpaired) electrons. The average Bonchev–Trinajstić information content (AvgIpc) is 3.34. The number of amides is 2. The summed E-state index contributed by atoms with van der Waals surface area (Å²) in [5, 5.41) is 15.5. The standard InChI is InChI=1S/C24H24ClN3O4/c25-20-7-3-18(4-8-20)14-28-24(30)19(13-26)12-17-5-9-21(10-6-17)32-16-23(29)27-15-22-2-1-11-31-22/h3-10,12,22H,1-2,11,14-16H2,(H,27,29)(H,28,30)/b19-12+. The monoisotopic (exact) mass is 453 g/mol. The molecule has 1 fully saturated rings. The van der Waals surface area contributed by atoms with Crippen LogP contribution in [0.1, 0.15) is 24.0 Å². The molecule has 2 aromatic rings. The molecule has 1 aliphatic rings. The highest BCUT2D eigenvalue weighted by Crippen LogP contribution is 2.15. The summed E-state index contributed by atoms with van der Waals surface area (Å²) < 4.78 is 10.9. The van der Waals surface area contributed by atoms with Crippen LogP contribution in [-0.2, 0) is 20.9 Å². The van der Waals surface area contributed by atoms with Crippen molar-refractivity contribution in [3.05, 3.63) is 70.3 Å². The highest BCUT2D eigenvalue weighted by Gasteiger charge is 2.16. The number of hydrogen-bond acceptors (Lipinski definition) is 5. The summed E-state index contributed by atoms with van der Waals surface area (Å²) in [5.41, 5.74) is 1.53. The molecule has 1 aliphatic heterocycles. The lowest BCUT2D eigenvalue weighted by atomic mass is 10.1. The van der Waals surface area contributed by atoms with Crippen molar-refractivity contribution < 1.29 is 19.1 Å². The van der Waals surface area contributed by atoms with E-state index in [-0.39, 0.29) is 30.7 Å². The number of benzene rings is 2. The van der Waals surface area contributed by atoms with Gasteiger partial charge in [-0.3, -0.25) is 9.59 Å². The number of nitrogens with one attached hydrogen (secondary N) is 2. The van der Waals surface area contributed by atoms with Gasteiger partial charge < -0.3 is 20.1 Å². The first-order valence-electron chi connectivity index (χ1n) is 10.3. The Hall–Kier alpha value is -3.34. The van der Waals surface area contributed by atoms with Crippen LogP contribution in [0.25, 0.3) is 6.08 Å². The second-order valence-electron chi connectivity index (χ2n) is 7.28. The van der Waals surface area contributed by atoms with Crippen LogP contribution in [0.4, 0.5) is 0 Å². The van der Waals surface area contributed by atoms with Gasteiger partial charge in [0.25, 0.3) is 11.8 Å². The SMILES string of the molecule is N#C/C(=C\c1ccc(OCC(=O)NCC2CCCO2)cc1)C(=O)NCc1ccc(Cl)cc1. The van der Waals surface area contributed by atoms with Gasteiger partial charge in [-0.2, -0.15) is 5.26 Å². The fraction of sp³-hybridized carbons (Fsp3) is 0.292. The quantitative estimate of drug-likeness (QED) is 0.448. The van der Waals surface area contributed by atoms with E-state index in [0.29, 0.717) is 22.9 Å². The van der Waals surface area contributed by atoms with Crippen molar-refractivity contribution in [3.8, 4) is 11.8 Å². The highest BCUT2D eigenvalue weighted by molar-refractivity contribution is 6.30. The maximum Gasteiger partial charge on any atom is 0.262 e. The lowest BCUT2D eigenvalue weighted by molar-refractivity contribution is -0.123. The molecular weight excluding hydrogens is 430 g/mol. The van der Waals surface area contributed by atoms with Gasteiger partial charge in [-0.15, -0.1) is 0 Å². The number of nitriles is 1. The van der Waals surface area contributed by atoms with Gasteiger partial charge >= 0.3 is 0 Å². The summed E-state index contributed by atoms with van der Waals surface area (Å²) in [6, 6.07) is 15.8. The van der Waals surface area contributed by atoms with E-state index in [9.17, 15) is 14.9 Å². The Morgan fingerprint density at radius 3 is 2.56 bits per heavy atom. The lowest BCUT2D eigenvalue weighted by Crippen LogP contribution is -2.35. The van der Waals surface area contributed by atoms with Gasteiger partial charge in [0, 0.05) is 24.7 Å². The molecule has 3 rings (SSSR count). The Morgan fingerprint density at radius 2 is 1.91 bits per heavy atom. The Kier molecular flexibility index (Phi) is 8.67. The Morgan fingerprint density at radius 1 is 1.16 bits per heavy atom. The number of carbonyl (C=O) groups is 2. The molecule has 0 saturated carbocycles. The molecular formula is C24H24ClN3O4. The molecule has 2 amide bonds. The number of rotatable bonds is 9. The maximum absolute atomic E-state index is 12.3. The number of nitrogens with zero attached hydrogens (tertiary/aromatic N) is 1. The van der Waals surface area contributed by atoms with E-state index >= 15 is 0 Å². The van der Waals surface area contributed by atoms with E-state index in [1.54, 1.807) is 48.5 Å². The van der Waals surface area contributed by atoms with Gasteiger partial charge in [0.1, 0.15) is 17.4 Å². The molecule has 1 unspecified atom stereocenters. The number of ether oxygens (including phenoxy) is 2. The first-order valence-corrected chi connectivity index (χ1v) is 10.7. The zero-order valence-electron chi connectivity index (χ0n) is 17.5. The Bertz CT molecular complexity index is 991. The van der Waals surface area contributed by atoms with E-state index < -0.39 is 5.91 Å². The van der Waals surface area contributed by atoms with Gasteiger partial charge in [0.15, 0.2) is 6.61 Å². The zero-order chi connectivity index (χ0) is 22.8. The molecule has 2 aromatic carbocycles. The van der Waals surface area contributed by atoms with Gasteiger partial charge in [0.05, 0.1) is 6.10 Å². The number of carbonyl (C=O) groups excluding carboxylic acids is 2. The molecule has 1 heterocycles. The normalized spacial score (nSPS) is 15.6. The smallest absolute Gasteiger partial charge is 0.262 e. The van der Waals surface area contributed by atoms with Crippen molar-refractivity contribution in [3.63, 3.8) is 0 Å². The van der Waals surface area contributed by atoms with Crippen LogP contribution in [0.2, 0.25) is 5.02 Å². The first-order chi connectivity index (χ1) is 15.5. The van der Waals surface area contributed by atoms with Crippen molar-refractivity contribution in [2.75, 3.05) is 19.8 Å². The van der Waals surface area contributed by atoms with Crippen molar-refractivity contribution in [2.45, 2.75) is 25.5 Å². The van der Waals surface area contributed by atoms with Crippen LogP contribution in [0.5, 0.6) is 5.75 Å². The van der Waals surface area contributed by atoms with E-state index in [0.717, 1.165) is 25.0 Å². The minimum atomic E-state index is -0.467. The van der Waals surface area contributed by atoms with E-state index in [2.05, 4.69) is 10.6 Å². The molecule has 8 heteroatoms. The average molecular weight is 454 g/mol. The lowest BCUT2D eigenvalue weighted by Gasteiger charge is -2.11. The summed E-state index contributed by atoms with van der Waals surface area (Å²) in [4.78, 5) is 24.2. The fourth-order valence-corrected chi connectivity index (χ4v) is 3.21. The third-order valence-electron chi connectivity index (χ3n) is 4.84. The minimum Gasteiger partial charge on any atom is -0.484 e. The van der Waals surface area contributed by atoms with Crippen molar-refractivity contribution >= 4 is 29.5 Å². The van der Waals surface area contributed by atoms with E-state index in [4.69, 9.17) is 21.1 Å².